The Kier molecular flexibility index (Phi) is 6.57. The number of nitrogens with zero attached hydrogens (tertiary/aromatic N) is 1. The smallest absolute Gasteiger partial charge is 0.352 e. The molecule has 2 aromatic rings. The van der Waals surface area contributed by atoms with Crippen LogP contribution in [0.25, 0.3) is 0 Å². The van der Waals surface area contributed by atoms with E-state index in [0.717, 1.165) is 22.0 Å². The molecule has 1 aliphatic rings. The van der Waals surface area contributed by atoms with Gasteiger partial charge in [0, 0.05) is 25.6 Å². The lowest BCUT2D eigenvalue weighted by Crippen LogP contribution is -2.42. The molecule has 1 saturated heterocycles. The molecular weight excluding hydrogens is 449 g/mol. The van der Waals surface area contributed by atoms with Gasteiger partial charge >= 0.3 is 6.18 Å². The van der Waals surface area contributed by atoms with Gasteiger partial charge in [0.25, 0.3) is 0 Å². The number of carbonyl (C=O) groups excluding carboxylic acids is 1. The van der Waals surface area contributed by atoms with Crippen molar-refractivity contribution in [2.24, 2.45) is 5.92 Å². The van der Waals surface area contributed by atoms with Gasteiger partial charge in [0.1, 0.15) is 0 Å². The second-order valence-corrected chi connectivity index (χ2v) is 9.79. The topological polar surface area (TPSA) is 66.5 Å². The van der Waals surface area contributed by atoms with Crippen molar-refractivity contribution in [3.63, 3.8) is 0 Å². The molecule has 29 heavy (non-hydrogen) atoms. The van der Waals surface area contributed by atoms with Gasteiger partial charge in [-0.25, -0.2) is 8.42 Å². The van der Waals surface area contributed by atoms with Crippen LogP contribution < -0.4 is 5.32 Å². The third-order valence-electron chi connectivity index (χ3n) is 4.75. The second-order valence-electron chi connectivity index (χ2n) is 6.67. The molecule has 3 rings (SSSR count). The van der Waals surface area contributed by atoms with E-state index in [-0.39, 0.29) is 24.9 Å². The maximum absolute atomic E-state index is 13.0. The van der Waals surface area contributed by atoms with E-state index in [0.29, 0.717) is 25.5 Å². The summed E-state index contributed by atoms with van der Waals surface area (Å²) in [5, 5.41) is 6.11. The number of hydrogen-bond donors (Lipinski definition) is 1. The average Bonchev–Trinajstić information content (AvgIpc) is 3.19. The zero-order chi connectivity index (χ0) is 21.2. The summed E-state index contributed by atoms with van der Waals surface area (Å²) in [7, 11) is -4.11. The molecule has 11 heteroatoms. The van der Waals surface area contributed by atoms with Gasteiger partial charge in [-0.05, 0) is 53.4 Å². The summed E-state index contributed by atoms with van der Waals surface area (Å²) in [6, 6.07) is 4.45. The van der Waals surface area contributed by atoms with Crippen LogP contribution in [-0.4, -0.2) is 31.7 Å². The highest BCUT2D eigenvalue weighted by molar-refractivity contribution is 7.89. The minimum atomic E-state index is -4.75. The van der Waals surface area contributed by atoms with Gasteiger partial charge in [-0.3, -0.25) is 4.79 Å². The summed E-state index contributed by atoms with van der Waals surface area (Å²) in [4.78, 5) is 11.8. The number of piperidine rings is 1. The van der Waals surface area contributed by atoms with Crippen molar-refractivity contribution in [3.05, 3.63) is 51.2 Å². The number of benzene rings is 1. The van der Waals surface area contributed by atoms with Crippen molar-refractivity contribution >= 4 is 38.9 Å². The lowest BCUT2D eigenvalue weighted by Gasteiger charge is -2.30. The fraction of sp³-hybridized carbons (Fsp3) is 0.389. The first-order chi connectivity index (χ1) is 13.6. The molecule has 1 aromatic carbocycles. The highest BCUT2D eigenvalue weighted by Crippen LogP contribution is 2.36. The van der Waals surface area contributed by atoms with Gasteiger partial charge in [0.15, 0.2) is 0 Å². The Balaban J connectivity index is 1.64. The Morgan fingerprint density at radius 3 is 2.52 bits per heavy atom. The molecule has 0 radical (unpaired) electrons. The van der Waals surface area contributed by atoms with Gasteiger partial charge < -0.3 is 5.32 Å². The zero-order valence-corrected chi connectivity index (χ0v) is 17.5. The number of sulfonamides is 1. The average molecular weight is 467 g/mol. The van der Waals surface area contributed by atoms with Crippen molar-refractivity contribution in [2.45, 2.75) is 30.5 Å². The number of carbonyl (C=O) groups is 1. The van der Waals surface area contributed by atoms with Crippen LogP contribution in [0.5, 0.6) is 0 Å². The Hall–Kier alpha value is -1.62. The molecule has 1 fully saturated rings. The standard InChI is InChI=1S/C18H18ClF3N2O3S2/c19-16-2-1-14(9-15(16)18(20,21)22)29(26,27)24-6-3-13(4-7-24)17(25)23-10-12-5-8-28-11-12/h1-2,5,8-9,11,13H,3-4,6-7,10H2,(H,23,25). The molecule has 2 heterocycles. The van der Waals surface area contributed by atoms with E-state index in [1.54, 1.807) is 0 Å². The summed E-state index contributed by atoms with van der Waals surface area (Å²) in [6.45, 7) is 0.525. The first kappa shape index (κ1) is 22.1. The van der Waals surface area contributed by atoms with Gasteiger partial charge in [0.05, 0.1) is 15.5 Å². The van der Waals surface area contributed by atoms with Crippen LogP contribution in [0.2, 0.25) is 5.02 Å². The predicted molar refractivity (Wildman–Crippen MR) is 104 cm³/mol. The quantitative estimate of drug-likeness (QED) is 0.720. The second kappa shape index (κ2) is 8.63. The number of rotatable bonds is 5. The van der Waals surface area contributed by atoms with Crippen molar-refractivity contribution in [3.8, 4) is 0 Å². The molecule has 0 bridgehead atoms. The highest BCUT2D eigenvalue weighted by Gasteiger charge is 2.37. The van der Waals surface area contributed by atoms with E-state index in [2.05, 4.69) is 5.32 Å². The molecule has 0 spiro atoms. The predicted octanol–water partition coefficient (Wildman–Crippen LogP) is 4.14. The number of hydrogen-bond acceptors (Lipinski definition) is 4. The third-order valence-corrected chi connectivity index (χ3v) is 7.71. The third kappa shape index (κ3) is 5.11. The SMILES string of the molecule is O=C(NCc1ccsc1)C1CCN(S(=O)(=O)c2ccc(Cl)c(C(F)(F)F)c2)CC1. The van der Waals surface area contributed by atoms with Gasteiger partial charge in [-0.2, -0.15) is 28.8 Å². The largest absolute Gasteiger partial charge is 0.417 e. The molecule has 158 valence electrons. The van der Waals surface area contributed by atoms with E-state index in [1.807, 2.05) is 16.8 Å². The maximum Gasteiger partial charge on any atom is 0.417 e. The number of halogens is 4. The summed E-state index contributed by atoms with van der Waals surface area (Å²) in [6.07, 6.45) is -4.15. The molecule has 1 N–H and O–H groups in total. The Morgan fingerprint density at radius 1 is 1.24 bits per heavy atom. The van der Waals surface area contributed by atoms with Gasteiger partial charge in [-0.1, -0.05) is 11.6 Å². The van der Waals surface area contributed by atoms with Gasteiger partial charge in [0.2, 0.25) is 15.9 Å². The summed E-state index contributed by atoms with van der Waals surface area (Å²) in [5.41, 5.74) is -0.200. The molecule has 1 aliphatic heterocycles. The van der Waals surface area contributed by atoms with E-state index < -0.39 is 31.7 Å². The van der Waals surface area contributed by atoms with Crippen LogP contribution in [0.3, 0.4) is 0 Å². The maximum atomic E-state index is 13.0. The zero-order valence-electron chi connectivity index (χ0n) is 15.1. The van der Waals surface area contributed by atoms with Crippen molar-refractivity contribution < 1.29 is 26.4 Å². The van der Waals surface area contributed by atoms with Crippen LogP contribution in [0.4, 0.5) is 13.2 Å². The van der Waals surface area contributed by atoms with E-state index in [1.165, 1.54) is 11.3 Å². The van der Waals surface area contributed by atoms with E-state index in [4.69, 9.17) is 11.6 Å². The molecular formula is C18H18ClF3N2O3S2. The van der Waals surface area contributed by atoms with Crippen molar-refractivity contribution in [1.29, 1.82) is 0 Å². The van der Waals surface area contributed by atoms with E-state index in [9.17, 15) is 26.4 Å². The summed E-state index contributed by atoms with van der Waals surface area (Å²) >= 11 is 7.09. The van der Waals surface area contributed by atoms with Crippen molar-refractivity contribution in [1.82, 2.24) is 9.62 Å². The van der Waals surface area contributed by atoms with E-state index >= 15 is 0 Å². The Labute approximate surface area is 175 Å². The van der Waals surface area contributed by atoms with Crippen LogP contribution in [0, 0.1) is 5.92 Å². The number of nitrogens with one attached hydrogen (secondary N) is 1. The lowest BCUT2D eigenvalue weighted by atomic mass is 9.97. The lowest BCUT2D eigenvalue weighted by molar-refractivity contribution is -0.137. The van der Waals surface area contributed by atoms with Crippen LogP contribution in [0.1, 0.15) is 24.0 Å². The Bertz CT molecular complexity index is 971. The molecule has 0 atom stereocenters. The normalized spacial score (nSPS) is 16.7. The van der Waals surface area contributed by atoms with Crippen LogP contribution in [-0.2, 0) is 27.5 Å². The fourth-order valence-electron chi connectivity index (χ4n) is 3.12. The van der Waals surface area contributed by atoms with Gasteiger partial charge in [-0.15, -0.1) is 0 Å². The molecule has 0 saturated carbocycles. The fourth-order valence-corrected chi connectivity index (χ4v) is 5.51. The summed E-state index contributed by atoms with van der Waals surface area (Å²) < 4.78 is 65.7. The minimum Gasteiger partial charge on any atom is -0.352 e. The molecule has 1 aromatic heterocycles. The summed E-state index contributed by atoms with van der Waals surface area (Å²) in [5.74, 6) is -0.491. The first-order valence-corrected chi connectivity index (χ1v) is 11.5. The highest BCUT2D eigenvalue weighted by atomic mass is 35.5. The van der Waals surface area contributed by atoms with Crippen molar-refractivity contribution in [2.75, 3.05) is 13.1 Å². The molecule has 0 unspecified atom stereocenters. The monoisotopic (exact) mass is 466 g/mol. The Morgan fingerprint density at radius 2 is 1.93 bits per heavy atom. The number of amides is 1. The first-order valence-electron chi connectivity index (χ1n) is 8.74. The molecule has 0 aliphatic carbocycles. The number of thiophene rings is 1. The minimum absolute atomic E-state index is 0.0584. The van der Waals surface area contributed by atoms with Crippen LogP contribution in [0.15, 0.2) is 39.9 Å². The molecule has 5 nitrogen and oxygen atoms in total. The molecule has 1 amide bonds. The van der Waals surface area contributed by atoms with Crippen LogP contribution >= 0.6 is 22.9 Å². The number of alkyl halides is 3.